The standard InChI is InChI=1S/C19H17N3O6/c1-27-14-8-7-11(9-15(14)28-2)22-19(26)13-6-4-3-5-12(13)17(21-22)18(25)20-10-16(23)24/h3-9H,10H2,1-2H3,(H,20,25)(H,23,24). The van der Waals surface area contributed by atoms with Gasteiger partial charge in [0.05, 0.1) is 25.3 Å². The van der Waals surface area contributed by atoms with Crippen molar-refractivity contribution in [3.05, 3.63) is 58.5 Å². The number of carboxylic acids is 1. The Bertz CT molecular complexity index is 1120. The van der Waals surface area contributed by atoms with Gasteiger partial charge in [-0.25, -0.2) is 0 Å². The maximum Gasteiger partial charge on any atom is 0.322 e. The predicted molar refractivity (Wildman–Crippen MR) is 100 cm³/mol. The molecule has 0 aliphatic rings. The van der Waals surface area contributed by atoms with Crippen LogP contribution < -0.4 is 20.3 Å². The molecule has 9 nitrogen and oxygen atoms in total. The number of carboxylic acid groups (broad SMARTS) is 1. The van der Waals surface area contributed by atoms with Gasteiger partial charge in [-0.2, -0.15) is 9.78 Å². The zero-order chi connectivity index (χ0) is 20.3. The summed E-state index contributed by atoms with van der Waals surface area (Å²) < 4.78 is 11.5. The normalized spacial score (nSPS) is 10.5. The lowest BCUT2D eigenvalue weighted by Gasteiger charge is -2.13. The summed E-state index contributed by atoms with van der Waals surface area (Å²) in [6, 6.07) is 11.3. The third-order valence-electron chi connectivity index (χ3n) is 4.03. The number of fused-ring (bicyclic) bond motifs is 1. The molecule has 0 fully saturated rings. The van der Waals surface area contributed by atoms with Crippen LogP contribution in [0.2, 0.25) is 0 Å². The number of hydrogen-bond acceptors (Lipinski definition) is 6. The van der Waals surface area contributed by atoms with Crippen LogP contribution in [0.25, 0.3) is 16.5 Å². The molecular formula is C19H17N3O6. The summed E-state index contributed by atoms with van der Waals surface area (Å²) >= 11 is 0. The average Bonchev–Trinajstić information content (AvgIpc) is 2.72. The molecule has 0 aliphatic carbocycles. The summed E-state index contributed by atoms with van der Waals surface area (Å²) in [5.41, 5.74) is -0.135. The molecule has 1 amide bonds. The van der Waals surface area contributed by atoms with Crippen LogP contribution in [0.4, 0.5) is 0 Å². The number of benzene rings is 2. The van der Waals surface area contributed by atoms with E-state index in [0.717, 1.165) is 4.68 Å². The first-order valence-electron chi connectivity index (χ1n) is 8.20. The number of ether oxygens (including phenoxy) is 2. The number of aliphatic carboxylic acids is 1. The summed E-state index contributed by atoms with van der Waals surface area (Å²) in [6.45, 7) is -0.565. The second-order valence-electron chi connectivity index (χ2n) is 5.73. The Balaban J connectivity index is 2.21. The number of methoxy groups -OCH3 is 2. The summed E-state index contributed by atoms with van der Waals surface area (Å²) in [7, 11) is 2.95. The zero-order valence-electron chi connectivity index (χ0n) is 15.1. The Kier molecular flexibility index (Phi) is 5.25. The lowest BCUT2D eigenvalue weighted by Crippen LogP contribution is -2.33. The highest BCUT2D eigenvalue weighted by molar-refractivity contribution is 6.05. The fourth-order valence-corrected chi connectivity index (χ4v) is 2.73. The van der Waals surface area contributed by atoms with Gasteiger partial charge in [0, 0.05) is 11.5 Å². The smallest absolute Gasteiger partial charge is 0.322 e. The topological polar surface area (TPSA) is 120 Å². The van der Waals surface area contributed by atoms with Gasteiger partial charge in [-0.05, 0) is 18.2 Å². The third kappa shape index (κ3) is 3.50. The molecule has 9 heteroatoms. The first-order valence-corrected chi connectivity index (χ1v) is 8.20. The summed E-state index contributed by atoms with van der Waals surface area (Å²) in [6.07, 6.45) is 0. The molecule has 3 rings (SSSR count). The van der Waals surface area contributed by atoms with Gasteiger partial charge in [-0.3, -0.25) is 14.4 Å². The Labute approximate surface area is 159 Å². The Hall–Kier alpha value is -3.88. The maximum absolute atomic E-state index is 12.9. The van der Waals surface area contributed by atoms with Crippen molar-refractivity contribution >= 4 is 22.6 Å². The number of carbonyl (C=O) groups is 2. The van der Waals surface area contributed by atoms with E-state index in [1.165, 1.54) is 14.2 Å². The second kappa shape index (κ2) is 7.78. The van der Waals surface area contributed by atoms with E-state index >= 15 is 0 Å². The van der Waals surface area contributed by atoms with Gasteiger partial charge in [0.15, 0.2) is 17.2 Å². The van der Waals surface area contributed by atoms with Gasteiger partial charge in [-0.15, -0.1) is 0 Å². The molecule has 144 valence electrons. The number of amides is 1. The third-order valence-corrected chi connectivity index (χ3v) is 4.03. The van der Waals surface area contributed by atoms with Crippen LogP contribution in [0.3, 0.4) is 0 Å². The summed E-state index contributed by atoms with van der Waals surface area (Å²) in [5.74, 6) is -1.03. The highest BCUT2D eigenvalue weighted by Crippen LogP contribution is 2.28. The van der Waals surface area contributed by atoms with Gasteiger partial charge < -0.3 is 19.9 Å². The van der Waals surface area contributed by atoms with E-state index in [2.05, 4.69) is 10.4 Å². The highest BCUT2D eigenvalue weighted by Gasteiger charge is 2.18. The van der Waals surface area contributed by atoms with Crippen molar-refractivity contribution in [2.45, 2.75) is 0 Å². The van der Waals surface area contributed by atoms with E-state index in [1.807, 2.05) is 0 Å². The highest BCUT2D eigenvalue weighted by atomic mass is 16.5. The molecule has 28 heavy (non-hydrogen) atoms. The molecular weight excluding hydrogens is 366 g/mol. The fraction of sp³-hybridized carbons (Fsp3) is 0.158. The minimum absolute atomic E-state index is 0.0637. The lowest BCUT2D eigenvalue weighted by molar-refractivity contribution is -0.135. The predicted octanol–water partition coefficient (Wildman–Crippen LogP) is 1.22. The van der Waals surface area contributed by atoms with Crippen molar-refractivity contribution in [3.63, 3.8) is 0 Å². The van der Waals surface area contributed by atoms with Crippen LogP contribution in [-0.2, 0) is 4.79 Å². The number of aromatic nitrogens is 2. The number of nitrogens with one attached hydrogen (secondary N) is 1. The minimum Gasteiger partial charge on any atom is -0.493 e. The molecule has 1 heterocycles. The molecule has 0 saturated heterocycles. The quantitative estimate of drug-likeness (QED) is 0.657. The second-order valence-corrected chi connectivity index (χ2v) is 5.73. The molecule has 0 unspecified atom stereocenters. The molecule has 0 saturated carbocycles. The van der Waals surface area contributed by atoms with Crippen LogP contribution in [-0.4, -0.2) is 47.5 Å². The maximum atomic E-state index is 12.9. The lowest BCUT2D eigenvalue weighted by atomic mass is 10.1. The van der Waals surface area contributed by atoms with Crippen LogP contribution in [0.5, 0.6) is 11.5 Å². The van der Waals surface area contributed by atoms with Gasteiger partial charge in [-0.1, -0.05) is 18.2 Å². The molecule has 0 radical (unpaired) electrons. The number of rotatable bonds is 6. The molecule has 0 aliphatic heterocycles. The van der Waals surface area contributed by atoms with Crippen LogP contribution >= 0.6 is 0 Å². The van der Waals surface area contributed by atoms with E-state index in [-0.39, 0.29) is 11.1 Å². The van der Waals surface area contributed by atoms with Crippen LogP contribution in [0.1, 0.15) is 10.5 Å². The molecule has 3 aromatic rings. The van der Waals surface area contributed by atoms with Crippen molar-refractivity contribution < 1.29 is 24.2 Å². The Morgan fingerprint density at radius 3 is 2.39 bits per heavy atom. The summed E-state index contributed by atoms with van der Waals surface area (Å²) in [4.78, 5) is 36.2. The van der Waals surface area contributed by atoms with E-state index in [9.17, 15) is 14.4 Å². The van der Waals surface area contributed by atoms with Crippen molar-refractivity contribution in [2.75, 3.05) is 20.8 Å². The largest absolute Gasteiger partial charge is 0.493 e. The number of hydrogen-bond donors (Lipinski definition) is 2. The van der Waals surface area contributed by atoms with Crippen LogP contribution in [0, 0.1) is 0 Å². The summed E-state index contributed by atoms with van der Waals surface area (Å²) in [5, 5.41) is 15.8. The molecule has 0 spiro atoms. The molecule has 1 aromatic heterocycles. The van der Waals surface area contributed by atoms with Gasteiger partial charge >= 0.3 is 5.97 Å². The Morgan fingerprint density at radius 1 is 1.07 bits per heavy atom. The fourth-order valence-electron chi connectivity index (χ4n) is 2.73. The van der Waals surface area contributed by atoms with Crippen molar-refractivity contribution in [1.29, 1.82) is 0 Å². The van der Waals surface area contributed by atoms with E-state index in [4.69, 9.17) is 14.6 Å². The van der Waals surface area contributed by atoms with Crippen molar-refractivity contribution in [3.8, 4) is 17.2 Å². The average molecular weight is 383 g/mol. The SMILES string of the molecule is COc1ccc(-n2nc(C(=O)NCC(=O)O)c3ccccc3c2=O)cc1OC. The minimum atomic E-state index is -1.19. The van der Waals surface area contributed by atoms with Crippen molar-refractivity contribution in [2.24, 2.45) is 0 Å². The van der Waals surface area contributed by atoms with Gasteiger partial charge in [0.2, 0.25) is 0 Å². The number of nitrogens with zero attached hydrogens (tertiary/aromatic N) is 2. The monoisotopic (exact) mass is 383 g/mol. The molecule has 0 atom stereocenters. The first-order chi connectivity index (χ1) is 13.5. The van der Waals surface area contributed by atoms with E-state index in [1.54, 1.807) is 42.5 Å². The van der Waals surface area contributed by atoms with Crippen LogP contribution in [0.15, 0.2) is 47.3 Å². The number of carbonyl (C=O) groups excluding carboxylic acids is 1. The molecule has 0 bridgehead atoms. The van der Waals surface area contributed by atoms with Gasteiger partial charge in [0.1, 0.15) is 6.54 Å². The van der Waals surface area contributed by atoms with E-state index in [0.29, 0.717) is 22.6 Å². The molecule has 2 N–H and O–H groups in total. The Morgan fingerprint density at radius 2 is 1.75 bits per heavy atom. The van der Waals surface area contributed by atoms with E-state index < -0.39 is 24.0 Å². The molecule has 2 aromatic carbocycles. The van der Waals surface area contributed by atoms with Gasteiger partial charge in [0.25, 0.3) is 11.5 Å². The first kappa shape index (κ1) is 18.9. The van der Waals surface area contributed by atoms with Crippen molar-refractivity contribution in [1.82, 2.24) is 15.1 Å². The zero-order valence-corrected chi connectivity index (χ0v) is 15.1.